The van der Waals surface area contributed by atoms with Gasteiger partial charge in [-0.05, 0) is 130 Å². The molecule has 0 aliphatic carbocycles. The van der Waals surface area contributed by atoms with Crippen LogP contribution >= 0.6 is 0 Å². The van der Waals surface area contributed by atoms with Crippen molar-refractivity contribution < 1.29 is 84.5 Å². The molecule has 21 heteroatoms. The number of carbonyl (C=O) groups is 3. The first kappa shape index (κ1) is 79.2. The van der Waals surface area contributed by atoms with Crippen LogP contribution in [0.2, 0.25) is 0 Å². The van der Waals surface area contributed by atoms with E-state index in [9.17, 15) is 28.8 Å². The maximum atomic E-state index is 13.1. The monoisotopic (exact) mass is 1440 g/mol. The van der Waals surface area contributed by atoms with E-state index >= 15 is 0 Å². The summed E-state index contributed by atoms with van der Waals surface area (Å²) < 4.78 is 85.7. The third kappa shape index (κ3) is 26.9. The summed E-state index contributed by atoms with van der Waals surface area (Å²) in [6.07, 6.45) is 25.9. The molecule has 0 atom stereocenters. The fourth-order valence-corrected chi connectivity index (χ4v) is 12.0. The molecule has 9 rings (SSSR count). The van der Waals surface area contributed by atoms with E-state index in [-0.39, 0.29) is 40.0 Å². The van der Waals surface area contributed by atoms with Crippen LogP contribution in [0.5, 0.6) is 51.7 Å². The molecule has 0 spiro atoms. The molecule has 0 fully saturated rings. The van der Waals surface area contributed by atoms with Gasteiger partial charge in [-0.15, -0.1) is 0 Å². The number of unbranched alkanes of at least 4 members (excludes halogenated alkanes) is 21. The van der Waals surface area contributed by atoms with E-state index in [4.69, 9.17) is 70.1 Å². The van der Waals surface area contributed by atoms with Crippen molar-refractivity contribution >= 4 is 50.8 Å². The molecule has 0 N–H and O–H groups in total. The highest BCUT2D eigenvalue weighted by Gasteiger charge is 2.21. The van der Waals surface area contributed by atoms with E-state index in [1.165, 1.54) is 70.6 Å². The van der Waals surface area contributed by atoms with Gasteiger partial charge in [0, 0.05) is 90.6 Å². The number of methoxy groups -OCH3 is 3. The van der Waals surface area contributed by atoms with Crippen molar-refractivity contribution in [3.8, 4) is 51.7 Å². The molecule has 0 saturated carbocycles. The smallest absolute Gasteiger partial charge is 0.347 e. The average Bonchev–Trinajstić information content (AvgIpc) is 0.831. The zero-order chi connectivity index (χ0) is 73.6. The molecule has 0 aliphatic heterocycles. The van der Waals surface area contributed by atoms with E-state index in [2.05, 4.69) is 0 Å². The highest BCUT2D eigenvalue weighted by molar-refractivity contribution is 5.96. The second kappa shape index (κ2) is 44.0. The summed E-state index contributed by atoms with van der Waals surface area (Å²) in [5, 5.41) is 2.14. The lowest BCUT2D eigenvalue weighted by atomic mass is 10.1. The average molecular weight is 1440 g/mol. The van der Waals surface area contributed by atoms with Crippen LogP contribution in [0.15, 0.2) is 173 Å². The van der Waals surface area contributed by atoms with Gasteiger partial charge in [0.15, 0.2) is 0 Å². The van der Waals surface area contributed by atoms with Crippen LogP contribution in [0, 0.1) is 0 Å². The van der Waals surface area contributed by atoms with Gasteiger partial charge < -0.3 is 70.1 Å². The van der Waals surface area contributed by atoms with Crippen LogP contribution in [-0.2, 0) is 14.2 Å². The standard InChI is InChI=1S/C84H98O21/c1-91-76-52-63(37-40-70(76)82(88)100-66-34-28-60-31-43-79(85)103-73(60)55-66)96-48-24-18-12-6-4-10-16-22-46-94-58-69(99-51-27-21-15-9-8-14-20-26-50-98-65-39-42-72(78(54-65)93-3)84(90)102-68-36-30-62-33-45-81(87)105-75(62)57-68)59-95-47-23-17-11-5-7-13-19-25-49-97-64-38-41-71(77(53-64)92-2)83(89)101-67-35-29-61-32-44-80(86)104-74(61)56-67/h28-45,52-57,69H,4-27,46-51,58-59H2,1-3H3. The third-order valence-corrected chi connectivity index (χ3v) is 17.8. The first-order valence-corrected chi connectivity index (χ1v) is 36.9. The van der Waals surface area contributed by atoms with Crippen molar-refractivity contribution in [3.63, 3.8) is 0 Å². The molecular weight excluding hydrogens is 1340 g/mol. The molecule has 9 aromatic rings. The van der Waals surface area contributed by atoms with E-state index in [0.29, 0.717) is 120 Å². The number of fused-ring (bicyclic) bond motifs is 3. The van der Waals surface area contributed by atoms with Gasteiger partial charge in [0.05, 0.1) is 54.4 Å². The maximum absolute atomic E-state index is 13.1. The Morgan fingerprint density at radius 3 is 0.848 bits per heavy atom. The molecule has 560 valence electrons. The Kier molecular flexibility index (Phi) is 33.2. The predicted molar refractivity (Wildman–Crippen MR) is 400 cm³/mol. The molecule has 0 amide bonds. The summed E-state index contributed by atoms with van der Waals surface area (Å²) in [6, 6.07) is 38.7. The van der Waals surface area contributed by atoms with Crippen molar-refractivity contribution in [2.24, 2.45) is 0 Å². The van der Waals surface area contributed by atoms with Gasteiger partial charge in [0.25, 0.3) is 0 Å². The summed E-state index contributed by atoms with van der Waals surface area (Å²) in [6.45, 7) is 4.72. The predicted octanol–water partition coefficient (Wildman–Crippen LogP) is 18.0. The lowest BCUT2D eigenvalue weighted by molar-refractivity contribution is -0.0616. The fourth-order valence-electron chi connectivity index (χ4n) is 12.0. The third-order valence-electron chi connectivity index (χ3n) is 17.8. The lowest BCUT2D eigenvalue weighted by Crippen LogP contribution is -2.26. The lowest BCUT2D eigenvalue weighted by Gasteiger charge is -2.18. The van der Waals surface area contributed by atoms with Crippen LogP contribution in [0.1, 0.15) is 185 Å². The molecule has 0 saturated heterocycles. The van der Waals surface area contributed by atoms with Crippen LogP contribution in [-0.4, -0.2) is 98.2 Å². The first-order valence-electron chi connectivity index (χ1n) is 36.9. The minimum absolute atomic E-state index is 0.120. The molecule has 3 aromatic heterocycles. The minimum atomic E-state index is -0.606. The minimum Gasteiger partial charge on any atom is -0.496 e. The fraction of sp³-hybridized carbons (Fsp3) is 0.429. The van der Waals surface area contributed by atoms with E-state index < -0.39 is 34.8 Å². The summed E-state index contributed by atoms with van der Waals surface area (Å²) in [7, 11) is 4.47. The Morgan fingerprint density at radius 2 is 0.552 bits per heavy atom. The SMILES string of the molecule is COc1cc(OCCCCCCCCCCOCC(COCCCCCCCCCCOc2ccc(C(=O)Oc3ccc4ccc(=O)oc4c3)c(OC)c2)OCCCCCCCCCCOc2ccc(C(=O)Oc3ccc4ccc(=O)oc4c3)c(OC)c2)ccc1C(=O)Oc1ccc2ccc(=O)oc2c1. The number of ether oxygens (including phenoxy) is 12. The van der Waals surface area contributed by atoms with E-state index in [1.807, 2.05) is 0 Å². The number of esters is 3. The zero-order valence-electron chi connectivity index (χ0n) is 60.6. The van der Waals surface area contributed by atoms with Crippen molar-refractivity contribution in [1.82, 2.24) is 0 Å². The molecule has 3 heterocycles. The highest BCUT2D eigenvalue weighted by Crippen LogP contribution is 2.32. The van der Waals surface area contributed by atoms with Crippen molar-refractivity contribution in [2.75, 3.05) is 74.2 Å². The normalized spacial score (nSPS) is 11.3. The molecule has 0 unspecified atom stereocenters. The summed E-state index contributed by atoms with van der Waals surface area (Å²) in [4.78, 5) is 74.2. The van der Waals surface area contributed by atoms with Crippen LogP contribution in [0.4, 0.5) is 0 Å². The number of benzene rings is 6. The van der Waals surface area contributed by atoms with Crippen LogP contribution in [0.3, 0.4) is 0 Å². The highest BCUT2D eigenvalue weighted by atomic mass is 16.6. The summed E-state index contributed by atoms with van der Waals surface area (Å²) in [5.74, 6) is 1.74. The van der Waals surface area contributed by atoms with Crippen LogP contribution in [0.25, 0.3) is 32.9 Å². The molecule has 105 heavy (non-hydrogen) atoms. The zero-order valence-corrected chi connectivity index (χ0v) is 60.6. The van der Waals surface area contributed by atoms with Gasteiger partial charge in [-0.2, -0.15) is 0 Å². The topological polar surface area (TPSA) is 253 Å². The number of hydrogen-bond donors (Lipinski definition) is 0. The summed E-state index contributed by atoms with van der Waals surface area (Å²) in [5.41, 5.74) is 0.246. The maximum Gasteiger partial charge on any atom is 0.347 e. The molecular formula is C84H98O21. The Labute approximate surface area is 612 Å². The second-order valence-electron chi connectivity index (χ2n) is 25.8. The van der Waals surface area contributed by atoms with Crippen molar-refractivity contribution in [1.29, 1.82) is 0 Å². The van der Waals surface area contributed by atoms with E-state index in [0.717, 1.165) is 141 Å². The van der Waals surface area contributed by atoms with Crippen LogP contribution < -0.4 is 59.5 Å². The van der Waals surface area contributed by atoms with Gasteiger partial charge in [-0.3, -0.25) is 0 Å². The van der Waals surface area contributed by atoms with Crippen molar-refractivity contribution in [3.05, 3.63) is 194 Å². The Hall–Kier alpha value is -9.96. The Balaban J connectivity index is 0.601. The largest absolute Gasteiger partial charge is 0.496 e. The number of carbonyl (C=O) groups excluding carboxylic acids is 3. The van der Waals surface area contributed by atoms with E-state index in [1.54, 1.807) is 109 Å². The molecule has 0 radical (unpaired) electrons. The second-order valence-corrected chi connectivity index (χ2v) is 25.8. The Morgan fingerprint density at radius 1 is 0.295 bits per heavy atom. The van der Waals surface area contributed by atoms with Gasteiger partial charge in [0.1, 0.15) is 91.3 Å². The van der Waals surface area contributed by atoms with Crippen molar-refractivity contribution in [2.45, 2.75) is 160 Å². The number of rotatable bonds is 50. The first-order chi connectivity index (χ1) is 51.4. The van der Waals surface area contributed by atoms with Gasteiger partial charge in [-0.25, -0.2) is 28.8 Å². The number of hydrogen-bond acceptors (Lipinski definition) is 21. The summed E-state index contributed by atoms with van der Waals surface area (Å²) >= 11 is 0. The Bertz CT molecular complexity index is 4180. The van der Waals surface area contributed by atoms with Gasteiger partial charge in [-0.1, -0.05) is 116 Å². The molecule has 0 bridgehead atoms. The molecule has 0 aliphatic rings. The van der Waals surface area contributed by atoms with Gasteiger partial charge >= 0.3 is 34.8 Å². The van der Waals surface area contributed by atoms with Gasteiger partial charge in [0.2, 0.25) is 0 Å². The molecule has 6 aromatic carbocycles. The molecule has 21 nitrogen and oxygen atoms in total. The quantitative estimate of drug-likeness (QED) is 0.0149.